The molecule has 17 heavy (non-hydrogen) atoms. The van der Waals surface area contributed by atoms with Crippen LogP contribution in [0.5, 0.6) is 0 Å². The standard InChI is InChI=1S/C13H15BrN2O/c1-9-3-4-10(14)7-11(9)12-8-16-13(17-12)5-6-15-2/h3-4,7-8,15H,5-6H2,1-2H3. The highest BCUT2D eigenvalue weighted by Gasteiger charge is 2.09. The lowest BCUT2D eigenvalue weighted by Crippen LogP contribution is -2.10. The van der Waals surface area contributed by atoms with Gasteiger partial charge in [-0.25, -0.2) is 4.98 Å². The lowest BCUT2D eigenvalue weighted by molar-refractivity contribution is 0.500. The van der Waals surface area contributed by atoms with Crippen molar-refractivity contribution in [1.82, 2.24) is 10.3 Å². The summed E-state index contributed by atoms with van der Waals surface area (Å²) in [6, 6.07) is 6.14. The molecular weight excluding hydrogens is 280 g/mol. The van der Waals surface area contributed by atoms with Gasteiger partial charge in [-0.3, -0.25) is 0 Å². The van der Waals surface area contributed by atoms with Gasteiger partial charge in [0.1, 0.15) is 0 Å². The number of benzene rings is 1. The molecule has 0 saturated carbocycles. The molecule has 1 aromatic heterocycles. The molecule has 0 fully saturated rings. The average molecular weight is 295 g/mol. The van der Waals surface area contributed by atoms with Crippen LogP contribution in [0.3, 0.4) is 0 Å². The van der Waals surface area contributed by atoms with Crippen LogP contribution in [0.2, 0.25) is 0 Å². The summed E-state index contributed by atoms with van der Waals surface area (Å²) in [4.78, 5) is 4.28. The highest BCUT2D eigenvalue weighted by atomic mass is 79.9. The van der Waals surface area contributed by atoms with Gasteiger partial charge in [-0.05, 0) is 31.7 Å². The maximum absolute atomic E-state index is 5.74. The van der Waals surface area contributed by atoms with Crippen LogP contribution < -0.4 is 5.32 Å². The van der Waals surface area contributed by atoms with E-state index < -0.39 is 0 Å². The Balaban J connectivity index is 2.27. The Morgan fingerprint density at radius 2 is 2.24 bits per heavy atom. The molecule has 0 aliphatic carbocycles. The normalized spacial score (nSPS) is 10.8. The van der Waals surface area contributed by atoms with Crippen molar-refractivity contribution < 1.29 is 4.42 Å². The summed E-state index contributed by atoms with van der Waals surface area (Å²) in [5.74, 6) is 1.60. The summed E-state index contributed by atoms with van der Waals surface area (Å²) in [7, 11) is 1.92. The molecule has 1 N–H and O–H groups in total. The second-order valence-electron chi connectivity index (χ2n) is 3.93. The van der Waals surface area contributed by atoms with E-state index in [1.54, 1.807) is 6.20 Å². The lowest BCUT2D eigenvalue weighted by Gasteiger charge is -2.02. The summed E-state index contributed by atoms with van der Waals surface area (Å²) in [6.07, 6.45) is 2.60. The molecule has 0 radical (unpaired) electrons. The van der Waals surface area contributed by atoms with Crippen LogP contribution in [-0.2, 0) is 6.42 Å². The molecule has 0 aliphatic rings. The van der Waals surface area contributed by atoms with Crippen LogP contribution in [0.25, 0.3) is 11.3 Å². The number of nitrogens with one attached hydrogen (secondary N) is 1. The molecule has 0 bridgehead atoms. The summed E-state index contributed by atoms with van der Waals surface area (Å²) < 4.78 is 6.78. The number of aromatic nitrogens is 1. The van der Waals surface area contributed by atoms with Crippen molar-refractivity contribution in [3.8, 4) is 11.3 Å². The average Bonchev–Trinajstić information content (AvgIpc) is 2.78. The Morgan fingerprint density at radius 3 is 3.00 bits per heavy atom. The van der Waals surface area contributed by atoms with Crippen LogP contribution in [-0.4, -0.2) is 18.6 Å². The lowest BCUT2D eigenvalue weighted by atomic mass is 10.1. The molecule has 0 saturated heterocycles. The van der Waals surface area contributed by atoms with Crippen LogP contribution in [0, 0.1) is 6.92 Å². The zero-order valence-electron chi connectivity index (χ0n) is 9.96. The van der Waals surface area contributed by atoms with E-state index in [0.717, 1.165) is 34.7 Å². The van der Waals surface area contributed by atoms with Gasteiger partial charge in [0.05, 0.1) is 6.20 Å². The molecule has 1 aromatic carbocycles. The molecule has 4 heteroatoms. The van der Waals surface area contributed by atoms with E-state index in [1.165, 1.54) is 5.56 Å². The molecule has 0 unspecified atom stereocenters. The van der Waals surface area contributed by atoms with Gasteiger partial charge < -0.3 is 9.73 Å². The number of halogens is 1. The maximum atomic E-state index is 5.74. The summed E-state index contributed by atoms with van der Waals surface area (Å²) in [5, 5.41) is 3.08. The molecule has 2 aromatic rings. The third-order valence-corrected chi connectivity index (χ3v) is 3.10. The van der Waals surface area contributed by atoms with E-state index >= 15 is 0 Å². The van der Waals surface area contributed by atoms with Gasteiger partial charge >= 0.3 is 0 Å². The van der Waals surface area contributed by atoms with E-state index in [4.69, 9.17) is 4.42 Å². The monoisotopic (exact) mass is 294 g/mol. The number of oxazole rings is 1. The van der Waals surface area contributed by atoms with Crippen molar-refractivity contribution in [3.05, 3.63) is 40.3 Å². The Hall–Kier alpha value is -1.13. The fourth-order valence-electron chi connectivity index (χ4n) is 1.64. The van der Waals surface area contributed by atoms with E-state index in [1.807, 2.05) is 13.1 Å². The molecule has 0 amide bonds. The van der Waals surface area contributed by atoms with Gasteiger partial charge in [-0.1, -0.05) is 22.0 Å². The van der Waals surface area contributed by atoms with Gasteiger partial charge in [0.15, 0.2) is 11.7 Å². The van der Waals surface area contributed by atoms with Crippen molar-refractivity contribution in [2.45, 2.75) is 13.3 Å². The number of hydrogen-bond acceptors (Lipinski definition) is 3. The van der Waals surface area contributed by atoms with E-state index in [-0.39, 0.29) is 0 Å². The van der Waals surface area contributed by atoms with E-state index in [0.29, 0.717) is 0 Å². The zero-order valence-corrected chi connectivity index (χ0v) is 11.5. The quantitative estimate of drug-likeness (QED) is 0.941. The number of hydrogen-bond donors (Lipinski definition) is 1. The third-order valence-electron chi connectivity index (χ3n) is 2.61. The van der Waals surface area contributed by atoms with Crippen molar-refractivity contribution in [2.75, 3.05) is 13.6 Å². The molecule has 0 atom stereocenters. The highest BCUT2D eigenvalue weighted by molar-refractivity contribution is 9.10. The maximum Gasteiger partial charge on any atom is 0.196 e. The molecule has 3 nitrogen and oxygen atoms in total. The predicted octanol–water partition coefficient (Wildman–Crippen LogP) is 3.17. The molecule has 0 aliphatic heterocycles. The zero-order chi connectivity index (χ0) is 12.3. The van der Waals surface area contributed by atoms with E-state index in [2.05, 4.69) is 45.3 Å². The third kappa shape index (κ3) is 2.96. The van der Waals surface area contributed by atoms with Crippen molar-refractivity contribution >= 4 is 15.9 Å². The van der Waals surface area contributed by atoms with Crippen LogP contribution in [0.1, 0.15) is 11.5 Å². The summed E-state index contributed by atoms with van der Waals surface area (Å²) in [5.41, 5.74) is 2.27. The molecule has 1 heterocycles. The minimum absolute atomic E-state index is 0.772. The van der Waals surface area contributed by atoms with E-state index in [9.17, 15) is 0 Å². The first-order chi connectivity index (χ1) is 8.20. The van der Waals surface area contributed by atoms with Crippen LogP contribution in [0.15, 0.2) is 33.3 Å². The second kappa shape index (κ2) is 5.47. The second-order valence-corrected chi connectivity index (χ2v) is 4.85. The Labute approximate surface area is 109 Å². The minimum atomic E-state index is 0.772. The number of nitrogens with zero attached hydrogens (tertiary/aromatic N) is 1. The fourth-order valence-corrected chi connectivity index (χ4v) is 2.00. The highest BCUT2D eigenvalue weighted by Crippen LogP contribution is 2.27. The van der Waals surface area contributed by atoms with Gasteiger partial charge in [0.2, 0.25) is 0 Å². The molecular formula is C13H15BrN2O. The van der Waals surface area contributed by atoms with Crippen molar-refractivity contribution in [3.63, 3.8) is 0 Å². The van der Waals surface area contributed by atoms with Gasteiger partial charge in [0, 0.05) is 23.0 Å². The summed E-state index contributed by atoms with van der Waals surface area (Å²) in [6.45, 7) is 2.94. The molecule has 2 rings (SSSR count). The number of likely N-dealkylation sites (N-methyl/N-ethyl adjacent to an activating group) is 1. The van der Waals surface area contributed by atoms with Gasteiger partial charge in [0.25, 0.3) is 0 Å². The molecule has 90 valence electrons. The fraction of sp³-hybridized carbons (Fsp3) is 0.308. The predicted molar refractivity (Wildman–Crippen MR) is 72.0 cm³/mol. The Kier molecular flexibility index (Phi) is 3.97. The first-order valence-electron chi connectivity index (χ1n) is 5.56. The summed E-state index contributed by atoms with van der Waals surface area (Å²) >= 11 is 3.47. The minimum Gasteiger partial charge on any atom is -0.441 e. The molecule has 0 spiro atoms. The Morgan fingerprint density at radius 1 is 1.41 bits per heavy atom. The largest absolute Gasteiger partial charge is 0.441 e. The van der Waals surface area contributed by atoms with Crippen molar-refractivity contribution in [2.24, 2.45) is 0 Å². The van der Waals surface area contributed by atoms with Crippen LogP contribution >= 0.6 is 15.9 Å². The number of rotatable bonds is 4. The van der Waals surface area contributed by atoms with Gasteiger partial charge in [-0.2, -0.15) is 0 Å². The Bertz CT molecular complexity index is 508. The first kappa shape index (κ1) is 12.3. The van der Waals surface area contributed by atoms with Crippen LogP contribution in [0.4, 0.5) is 0 Å². The number of aryl methyl sites for hydroxylation is 1. The smallest absolute Gasteiger partial charge is 0.196 e. The topological polar surface area (TPSA) is 38.1 Å². The first-order valence-corrected chi connectivity index (χ1v) is 6.36. The van der Waals surface area contributed by atoms with Gasteiger partial charge in [-0.15, -0.1) is 0 Å². The van der Waals surface area contributed by atoms with Crippen molar-refractivity contribution in [1.29, 1.82) is 0 Å². The SMILES string of the molecule is CNCCc1ncc(-c2cc(Br)ccc2C)o1.